The molecular formula is C17H19ClN2O4S. The standard InChI is InChI=1S/C17H19ClN2O4S/c1-24-15-8-4-2-6-13(15)12-19-17(21)10-11-20-25(22,23)16-9-5-3-7-14(16)18/h2-9,20H,10-12H2,1H3,(H,19,21). The zero-order valence-corrected chi connectivity index (χ0v) is 15.2. The van der Waals surface area contributed by atoms with E-state index in [0.717, 1.165) is 5.56 Å². The van der Waals surface area contributed by atoms with Gasteiger partial charge in [-0.2, -0.15) is 0 Å². The van der Waals surface area contributed by atoms with E-state index >= 15 is 0 Å². The molecule has 0 aliphatic rings. The third-order valence-corrected chi connectivity index (χ3v) is 5.40. The number of carbonyl (C=O) groups is 1. The van der Waals surface area contributed by atoms with Crippen LogP contribution in [0.15, 0.2) is 53.4 Å². The van der Waals surface area contributed by atoms with Crippen molar-refractivity contribution in [1.82, 2.24) is 10.0 Å². The molecule has 0 saturated heterocycles. The zero-order chi connectivity index (χ0) is 18.3. The lowest BCUT2D eigenvalue weighted by Crippen LogP contribution is -2.30. The molecule has 0 spiro atoms. The van der Waals surface area contributed by atoms with Gasteiger partial charge in [0.05, 0.1) is 12.1 Å². The molecule has 2 N–H and O–H groups in total. The van der Waals surface area contributed by atoms with Gasteiger partial charge in [-0.25, -0.2) is 13.1 Å². The van der Waals surface area contributed by atoms with Gasteiger partial charge in [-0.3, -0.25) is 4.79 Å². The second kappa shape index (κ2) is 8.84. The van der Waals surface area contributed by atoms with Crippen LogP contribution in [-0.4, -0.2) is 28.0 Å². The molecule has 6 nitrogen and oxygen atoms in total. The number of ether oxygens (including phenoxy) is 1. The Morgan fingerprint density at radius 3 is 2.52 bits per heavy atom. The minimum Gasteiger partial charge on any atom is -0.496 e. The summed E-state index contributed by atoms with van der Waals surface area (Å²) in [5.74, 6) is 0.412. The third-order valence-electron chi connectivity index (χ3n) is 3.44. The molecule has 2 aromatic rings. The van der Waals surface area contributed by atoms with Crippen LogP contribution in [0.5, 0.6) is 5.75 Å². The van der Waals surface area contributed by atoms with Crippen LogP contribution in [-0.2, 0) is 21.4 Å². The molecule has 2 rings (SSSR count). The van der Waals surface area contributed by atoms with Crippen molar-refractivity contribution in [3.63, 3.8) is 0 Å². The van der Waals surface area contributed by atoms with Crippen LogP contribution in [0.2, 0.25) is 5.02 Å². The summed E-state index contributed by atoms with van der Waals surface area (Å²) < 4.78 is 31.9. The molecule has 2 aromatic carbocycles. The Labute approximate surface area is 152 Å². The Balaban J connectivity index is 1.83. The first-order chi connectivity index (χ1) is 11.9. The van der Waals surface area contributed by atoms with Crippen molar-refractivity contribution < 1.29 is 17.9 Å². The van der Waals surface area contributed by atoms with Crippen LogP contribution in [0.3, 0.4) is 0 Å². The first-order valence-corrected chi connectivity index (χ1v) is 9.43. The van der Waals surface area contributed by atoms with Crippen LogP contribution in [0.25, 0.3) is 0 Å². The van der Waals surface area contributed by atoms with Gasteiger partial charge in [0.1, 0.15) is 10.6 Å². The number of para-hydroxylation sites is 1. The van der Waals surface area contributed by atoms with Crippen LogP contribution >= 0.6 is 11.6 Å². The van der Waals surface area contributed by atoms with Gasteiger partial charge < -0.3 is 10.1 Å². The molecule has 0 aliphatic carbocycles. The van der Waals surface area contributed by atoms with Crippen LogP contribution < -0.4 is 14.8 Å². The lowest BCUT2D eigenvalue weighted by atomic mass is 10.2. The summed E-state index contributed by atoms with van der Waals surface area (Å²) in [6.45, 7) is 0.283. The number of benzene rings is 2. The smallest absolute Gasteiger partial charge is 0.242 e. The summed E-state index contributed by atoms with van der Waals surface area (Å²) >= 11 is 5.89. The van der Waals surface area contributed by atoms with Gasteiger partial charge in [0.15, 0.2) is 0 Å². The molecule has 8 heteroatoms. The minimum absolute atomic E-state index is 0.00824. The number of carbonyl (C=O) groups excluding carboxylic acids is 1. The molecule has 0 unspecified atom stereocenters. The highest BCUT2D eigenvalue weighted by atomic mass is 35.5. The molecular weight excluding hydrogens is 364 g/mol. The number of halogens is 1. The number of amides is 1. The van der Waals surface area contributed by atoms with Crippen molar-refractivity contribution in [3.05, 3.63) is 59.1 Å². The summed E-state index contributed by atoms with van der Waals surface area (Å²) in [4.78, 5) is 11.9. The molecule has 0 atom stereocenters. The molecule has 1 amide bonds. The molecule has 0 radical (unpaired) electrons. The number of methoxy groups -OCH3 is 1. The molecule has 0 saturated carbocycles. The van der Waals surface area contributed by atoms with Crippen molar-refractivity contribution in [1.29, 1.82) is 0 Å². The van der Waals surface area contributed by atoms with Gasteiger partial charge in [-0.05, 0) is 18.2 Å². The van der Waals surface area contributed by atoms with E-state index < -0.39 is 10.0 Å². The van der Waals surface area contributed by atoms with Gasteiger partial charge >= 0.3 is 0 Å². The lowest BCUT2D eigenvalue weighted by molar-refractivity contribution is -0.121. The normalized spacial score (nSPS) is 11.1. The monoisotopic (exact) mass is 382 g/mol. The number of sulfonamides is 1. The van der Waals surface area contributed by atoms with E-state index in [1.807, 2.05) is 18.2 Å². The summed E-state index contributed by atoms with van der Waals surface area (Å²) in [6, 6.07) is 13.5. The fraction of sp³-hybridized carbons (Fsp3) is 0.235. The summed E-state index contributed by atoms with van der Waals surface area (Å²) in [5.41, 5.74) is 0.843. The van der Waals surface area contributed by atoms with Crippen LogP contribution in [0.4, 0.5) is 0 Å². The van der Waals surface area contributed by atoms with E-state index in [4.69, 9.17) is 16.3 Å². The largest absolute Gasteiger partial charge is 0.496 e. The first-order valence-electron chi connectivity index (χ1n) is 7.57. The summed E-state index contributed by atoms with van der Waals surface area (Å²) in [7, 11) is -2.19. The highest BCUT2D eigenvalue weighted by Crippen LogP contribution is 2.20. The van der Waals surface area contributed by atoms with Gasteiger partial charge in [-0.15, -0.1) is 0 Å². The predicted molar refractivity (Wildman–Crippen MR) is 96.1 cm³/mol. The van der Waals surface area contributed by atoms with E-state index in [1.165, 1.54) is 12.1 Å². The Kier molecular flexibility index (Phi) is 6.81. The number of nitrogens with one attached hydrogen (secondary N) is 2. The highest BCUT2D eigenvalue weighted by molar-refractivity contribution is 7.89. The Hall–Kier alpha value is -2.09. The summed E-state index contributed by atoms with van der Waals surface area (Å²) in [5, 5.41) is 2.87. The molecule has 0 fully saturated rings. The second-order valence-corrected chi connectivity index (χ2v) is 7.31. The van der Waals surface area contributed by atoms with Crippen LogP contribution in [0.1, 0.15) is 12.0 Å². The van der Waals surface area contributed by atoms with Gasteiger partial charge in [0.25, 0.3) is 0 Å². The third kappa shape index (κ3) is 5.45. The number of hydrogen-bond donors (Lipinski definition) is 2. The number of rotatable bonds is 8. The van der Waals surface area contributed by atoms with Crippen LogP contribution in [0, 0.1) is 0 Å². The lowest BCUT2D eigenvalue weighted by Gasteiger charge is -2.10. The maximum absolute atomic E-state index is 12.2. The molecule has 0 aliphatic heterocycles. The Morgan fingerprint density at radius 2 is 1.80 bits per heavy atom. The average molecular weight is 383 g/mol. The van der Waals surface area contributed by atoms with Crippen molar-refractivity contribution in [2.45, 2.75) is 17.9 Å². The van der Waals surface area contributed by atoms with Crippen molar-refractivity contribution in [2.75, 3.05) is 13.7 Å². The van der Waals surface area contributed by atoms with Crippen molar-refractivity contribution in [2.24, 2.45) is 0 Å². The zero-order valence-electron chi connectivity index (χ0n) is 13.7. The fourth-order valence-electron chi connectivity index (χ4n) is 2.17. The van der Waals surface area contributed by atoms with E-state index in [1.54, 1.807) is 25.3 Å². The average Bonchev–Trinajstić information content (AvgIpc) is 2.60. The molecule has 0 heterocycles. The minimum atomic E-state index is -3.75. The van der Waals surface area contributed by atoms with E-state index in [9.17, 15) is 13.2 Å². The highest BCUT2D eigenvalue weighted by Gasteiger charge is 2.17. The molecule has 25 heavy (non-hydrogen) atoms. The summed E-state index contributed by atoms with van der Waals surface area (Å²) in [6.07, 6.45) is 0.0127. The van der Waals surface area contributed by atoms with Gasteiger partial charge in [0.2, 0.25) is 15.9 Å². The van der Waals surface area contributed by atoms with E-state index in [2.05, 4.69) is 10.0 Å². The Morgan fingerprint density at radius 1 is 1.12 bits per heavy atom. The maximum atomic E-state index is 12.2. The van der Waals surface area contributed by atoms with Gasteiger partial charge in [-0.1, -0.05) is 41.9 Å². The first kappa shape index (κ1) is 19.2. The maximum Gasteiger partial charge on any atom is 0.242 e. The molecule has 0 bridgehead atoms. The second-order valence-electron chi connectivity index (χ2n) is 5.17. The Bertz CT molecular complexity index is 840. The van der Waals surface area contributed by atoms with Crippen molar-refractivity contribution in [3.8, 4) is 5.75 Å². The number of hydrogen-bond acceptors (Lipinski definition) is 4. The molecule has 0 aromatic heterocycles. The van der Waals surface area contributed by atoms with Crippen molar-refractivity contribution >= 4 is 27.5 Å². The van der Waals surface area contributed by atoms with E-state index in [0.29, 0.717) is 12.3 Å². The topological polar surface area (TPSA) is 84.5 Å². The SMILES string of the molecule is COc1ccccc1CNC(=O)CCNS(=O)(=O)c1ccccc1Cl. The van der Waals surface area contributed by atoms with Gasteiger partial charge in [0, 0.05) is 25.1 Å². The fourth-order valence-corrected chi connectivity index (χ4v) is 3.72. The van der Waals surface area contributed by atoms with E-state index in [-0.39, 0.29) is 28.8 Å². The predicted octanol–water partition coefficient (Wildman–Crippen LogP) is 2.33. The quantitative estimate of drug-likeness (QED) is 0.733. The molecule has 134 valence electrons.